The van der Waals surface area contributed by atoms with Gasteiger partial charge < -0.3 is 5.73 Å². The second-order valence-electron chi connectivity index (χ2n) is 4.26. The third-order valence-electron chi connectivity index (χ3n) is 2.40. The minimum atomic E-state index is -0.535. The maximum absolute atomic E-state index is 13.0. The van der Waals surface area contributed by atoms with Gasteiger partial charge in [-0.05, 0) is 42.5 Å². The minimum Gasteiger partial charge on any atom is -0.330 e. The van der Waals surface area contributed by atoms with E-state index in [2.05, 4.69) is 13.8 Å². The number of nitrogens with two attached hydrogens (primary N) is 1. The summed E-state index contributed by atoms with van der Waals surface area (Å²) in [6.07, 6.45) is 0.847. The summed E-state index contributed by atoms with van der Waals surface area (Å²) >= 11 is 0. The smallest absolute Gasteiger partial charge is 0.126 e. The van der Waals surface area contributed by atoms with Crippen LogP contribution in [0.3, 0.4) is 0 Å². The van der Waals surface area contributed by atoms with Crippen molar-refractivity contribution in [3.8, 4) is 0 Å². The summed E-state index contributed by atoms with van der Waals surface area (Å²) in [5, 5.41) is 0. The molecule has 0 bridgehead atoms. The van der Waals surface area contributed by atoms with Gasteiger partial charge in [0.05, 0.1) is 0 Å². The quantitative estimate of drug-likeness (QED) is 0.817. The molecule has 1 unspecified atom stereocenters. The predicted octanol–water partition coefficient (Wildman–Crippen LogP) is 3.05. The number of rotatable bonds is 4. The molecule has 1 rings (SSSR count). The van der Waals surface area contributed by atoms with E-state index in [4.69, 9.17) is 5.73 Å². The van der Waals surface area contributed by atoms with Crippen molar-refractivity contribution in [2.75, 3.05) is 6.54 Å². The third-order valence-corrected chi connectivity index (χ3v) is 2.40. The normalized spacial score (nSPS) is 13.2. The van der Waals surface area contributed by atoms with Gasteiger partial charge in [0.1, 0.15) is 11.6 Å². The first-order valence-electron chi connectivity index (χ1n) is 5.19. The fourth-order valence-electron chi connectivity index (χ4n) is 1.75. The molecule has 0 aliphatic carbocycles. The molecular formula is C12H17F2N. The molecule has 1 aromatic rings. The number of halogens is 2. The molecule has 1 nitrogen and oxygen atoms in total. The van der Waals surface area contributed by atoms with Crippen LogP contribution in [0.15, 0.2) is 18.2 Å². The largest absolute Gasteiger partial charge is 0.330 e. The molecule has 3 heteroatoms. The summed E-state index contributed by atoms with van der Waals surface area (Å²) < 4.78 is 26.0. The Morgan fingerprint density at radius 1 is 1.13 bits per heavy atom. The Kier molecular flexibility index (Phi) is 4.21. The standard InChI is InChI=1S/C12H17F2N/c1-8(2)3-10(7-15)9-4-11(13)6-12(14)5-9/h4-6,8,10H,3,7,15H2,1-2H3. The van der Waals surface area contributed by atoms with Crippen molar-refractivity contribution >= 4 is 0 Å². The Morgan fingerprint density at radius 3 is 2.07 bits per heavy atom. The van der Waals surface area contributed by atoms with Crippen molar-refractivity contribution < 1.29 is 8.78 Å². The Labute approximate surface area is 89.3 Å². The van der Waals surface area contributed by atoms with E-state index in [0.29, 0.717) is 18.0 Å². The first-order chi connectivity index (χ1) is 7.02. The van der Waals surface area contributed by atoms with Crippen molar-refractivity contribution in [2.45, 2.75) is 26.2 Å². The SMILES string of the molecule is CC(C)CC(CN)c1cc(F)cc(F)c1. The van der Waals surface area contributed by atoms with E-state index in [1.165, 1.54) is 12.1 Å². The van der Waals surface area contributed by atoms with Gasteiger partial charge in [-0.15, -0.1) is 0 Å². The molecule has 0 aliphatic heterocycles. The van der Waals surface area contributed by atoms with Crippen LogP contribution in [0, 0.1) is 17.6 Å². The van der Waals surface area contributed by atoms with Gasteiger partial charge >= 0.3 is 0 Å². The molecule has 0 heterocycles. The molecule has 0 amide bonds. The lowest BCUT2D eigenvalue weighted by Gasteiger charge is -2.17. The van der Waals surface area contributed by atoms with Crippen LogP contribution in [0.5, 0.6) is 0 Å². The van der Waals surface area contributed by atoms with Gasteiger partial charge in [0, 0.05) is 6.07 Å². The molecule has 2 N–H and O–H groups in total. The average molecular weight is 213 g/mol. The molecule has 0 saturated heterocycles. The van der Waals surface area contributed by atoms with Crippen molar-refractivity contribution in [3.63, 3.8) is 0 Å². The summed E-state index contributed by atoms with van der Waals surface area (Å²) in [5.41, 5.74) is 6.26. The highest BCUT2D eigenvalue weighted by atomic mass is 19.1. The molecule has 1 aromatic carbocycles. The number of benzene rings is 1. The average Bonchev–Trinajstić information content (AvgIpc) is 2.12. The van der Waals surface area contributed by atoms with E-state index in [1.54, 1.807) is 0 Å². The first-order valence-corrected chi connectivity index (χ1v) is 5.19. The number of hydrogen-bond acceptors (Lipinski definition) is 1. The Balaban J connectivity index is 2.91. The third kappa shape index (κ3) is 3.59. The topological polar surface area (TPSA) is 26.0 Å². The molecule has 84 valence electrons. The molecule has 1 atom stereocenters. The summed E-state index contributed by atoms with van der Waals surface area (Å²) in [6, 6.07) is 3.61. The fourth-order valence-corrected chi connectivity index (χ4v) is 1.75. The lowest BCUT2D eigenvalue weighted by Crippen LogP contribution is -2.15. The molecule has 0 spiro atoms. The monoisotopic (exact) mass is 213 g/mol. The zero-order valence-electron chi connectivity index (χ0n) is 9.13. The Hall–Kier alpha value is -0.960. The highest BCUT2D eigenvalue weighted by Crippen LogP contribution is 2.24. The molecule has 15 heavy (non-hydrogen) atoms. The summed E-state index contributed by atoms with van der Waals surface area (Å²) in [5.74, 6) is -0.570. The molecule has 0 aromatic heterocycles. The summed E-state index contributed by atoms with van der Waals surface area (Å²) in [6.45, 7) is 4.55. The second-order valence-corrected chi connectivity index (χ2v) is 4.26. The van der Waals surface area contributed by atoms with E-state index in [0.717, 1.165) is 12.5 Å². The lowest BCUT2D eigenvalue weighted by atomic mass is 9.90. The summed E-state index contributed by atoms with van der Waals surface area (Å²) in [4.78, 5) is 0. The van der Waals surface area contributed by atoms with Crippen molar-refractivity contribution in [2.24, 2.45) is 11.7 Å². The zero-order chi connectivity index (χ0) is 11.4. The van der Waals surface area contributed by atoms with Crippen LogP contribution in [0.1, 0.15) is 31.7 Å². The van der Waals surface area contributed by atoms with Gasteiger partial charge in [0.15, 0.2) is 0 Å². The van der Waals surface area contributed by atoms with E-state index >= 15 is 0 Å². The highest BCUT2D eigenvalue weighted by molar-refractivity contribution is 5.22. The second kappa shape index (κ2) is 5.21. The summed E-state index contributed by atoms with van der Waals surface area (Å²) in [7, 11) is 0. The highest BCUT2D eigenvalue weighted by Gasteiger charge is 2.13. The van der Waals surface area contributed by atoms with Crippen LogP contribution in [0.4, 0.5) is 8.78 Å². The van der Waals surface area contributed by atoms with Crippen LogP contribution in [-0.2, 0) is 0 Å². The Bertz CT molecular complexity index is 303. The predicted molar refractivity (Wildman–Crippen MR) is 57.6 cm³/mol. The van der Waals surface area contributed by atoms with E-state index in [1.807, 2.05) is 0 Å². The molecule has 0 radical (unpaired) electrons. The molecule has 0 fully saturated rings. The molecule has 0 aliphatic rings. The van der Waals surface area contributed by atoms with Gasteiger partial charge in [-0.1, -0.05) is 13.8 Å². The fraction of sp³-hybridized carbons (Fsp3) is 0.500. The maximum Gasteiger partial charge on any atom is 0.126 e. The maximum atomic E-state index is 13.0. The zero-order valence-corrected chi connectivity index (χ0v) is 9.13. The first kappa shape index (κ1) is 12.1. The van der Waals surface area contributed by atoms with Gasteiger partial charge in [0.2, 0.25) is 0 Å². The van der Waals surface area contributed by atoms with E-state index in [9.17, 15) is 8.78 Å². The lowest BCUT2D eigenvalue weighted by molar-refractivity contribution is 0.497. The molecular weight excluding hydrogens is 196 g/mol. The molecule has 0 saturated carbocycles. The van der Waals surface area contributed by atoms with Crippen LogP contribution in [0.2, 0.25) is 0 Å². The van der Waals surface area contributed by atoms with Gasteiger partial charge in [-0.3, -0.25) is 0 Å². The van der Waals surface area contributed by atoms with Crippen LogP contribution in [0.25, 0.3) is 0 Å². The van der Waals surface area contributed by atoms with E-state index < -0.39 is 11.6 Å². The Morgan fingerprint density at radius 2 is 1.67 bits per heavy atom. The van der Waals surface area contributed by atoms with Crippen LogP contribution < -0.4 is 5.73 Å². The van der Waals surface area contributed by atoms with Crippen LogP contribution >= 0.6 is 0 Å². The van der Waals surface area contributed by atoms with Gasteiger partial charge in [0.25, 0.3) is 0 Å². The number of hydrogen-bond donors (Lipinski definition) is 1. The van der Waals surface area contributed by atoms with Crippen molar-refractivity contribution in [1.82, 2.24) is 0 Å². The van der Waals surface area contributed by atoms with Gasteiger partial charge in [-0.2, -0.15) is 0 Å². The van der Waals surface area contributed by atoms with Gasteiger partial charge in [-0.25, -0.2) is 8.78 Å². The van der Waals surface area contributed by atoms with Crippen LogP contribution in [-0.4, -0.2) is 6.54 Å². The van der Waals surface area contributed by atoms with E-state index in [-0.39, 0.29) is 5.92 Å². The minimum absolute atomic E-state index is 0.0372. The van der Waals surface area contributed by atoms with Crippen molar-refractivity contribution in [3.05, 3.63) is 35.4 Å². The van der Waals surface area contributed by atoms with Crippen molar-refractivity contribution in [1.29, 1.82) is 0 Å².